The van der Waals surface area contributed by atoms with Gasteiger partial charge in [0.05, 0.1) is 10.6 Å². The third kappa shape index (κ3) is 4.59. The van der Waals surface area contributed by atoms with Crippen LogP contribution in [0.3, 0.4) is 0 Å². The van der Waals surface area contributed by atoms with Crippen LogP contribution < -0.4 is 0 Å². The highest BCUT2D eigenvalue weighted by molar-refractivity contribution is 7.13. The van der Waals surface area contributed by atoms with Crippen LogP contribution in [0, 0.1) is 10.1 Å². The van der Waals surface area contributed by atoms with Crippen molar-refractivity contribution in [1.29, 1.82) is 0 Å². The van der Waals surface area contributed by atoms with E-state index < -0.39 is 16.9 Å². The van der Waals surface area contributed by atoms with Gasteiger partial charge in [-0.2, -0.15) is 5.11 Å². The lowest BCUT2D eigenvalue weighted by molar-refractivity contribution is -0.385. The number of rotatable bonds is 7. The summed E-state index contributed by atoms with van der Waals surface area (Å²) in [4.78, 5) is 26.4. The van der Waals surface area contributed by atoms with Gasteiger partial charge in [0, 0.05) is 29.0 Å². The molecule has 0 bridgehead atoms. The Hall–Kier alpha value is -3.46. The molecule has 1 heterocycles. The number of nitro benzene ring substituents is 1. The third-order valence-corrected chi connectivity index (χ3v) is 4.46. The molecule has 3 aromatic rings. The van der Waals surface area contributed by atoms with Crippen LogP contribution in [0.25, 0.3) is 11.3 Å². The predicted molar refractivity (Wildman–Crippen MR) is 100 cm³/mol. The summed E-state index contributed by atoms with van der Waals surface area (Å²) in [5.74, 6) is -1.21. The molecule has 3 rings (SSSR count). The number of thiazole rings is 1. The summed E-state index contributed by atoms with van der Waals surface area (Å²) in [6.07, 6.45) is -0.132. The Balaban J connectivity index is 1.79. The van der Waals surface area contributed by atoms with Gasteiger partial charge in [0.1, 0.15) is 0 Å². The van der Waals surface area contributed by atoms with Crippen LogP contribution in [0.4, 0.5) is 10.8 Å². The van der Waals surface area contributed by atoms with Crippen molar-refractivity contribution in [2.45, 2.75) is 12.5 Å². The Labute approximate surface area is 158 Å². The largest absolute Gasteiger partial charge is 0.480 e. The number of hydrogen-bond donors (Lipinski definition) is 1. The first kappa shape index (κ1) is 18.3. The molecule has 8 nitrogen and oxygen atoms in total. The standard InChI is InChI=1S/C18H14N4O4S/c23-17(24)14(10-13-8-4-5-9-16(13)22(25)26)20-21-18-19-15(11-27-18)12-6-2-1-3-7-12/h1-9,11,14H,10H2,(H,23,24). The van der Waals surface area contributed by atoms with Gasteiger partial charge in [-0.3, -0.25) is 10.1 Å². The quantitative estimate of drug-likeness (QED) is 0.367. The van der Waals surface area contributed by atoms with Gasteiger partial charge in [-0.15, -0.1) is 16.5 Å². The molecule has 0 aliphatic carbocycles. The van der Waals surface area contributed by atoms with E-state index in [0.29, 0.717) is 5.13 Å². The van der Waals surface area contributed by atoms with Crippen LogP contribution >= 0.6 is 11.3 Å². The van der Waals surface area contributed by atoms with Crippen molar-refractivity contribution in [3.63, 3.8) is 0 Å². The first-order valence-electron chi connectivity index (χ1n) is 7.91. The van der Waals surface area contributed by atoms with E-state index in [9.17, 15) is 20.0 Å². The molecule has 9 heteroatoms. The van der Waals surface area contributed by atoms with Crippen molar-refractivity contribution in [1.82, 2.24) is 4.98 Å². The zero-order valence-corrected chi connectivity index (χ0v) is 14.7. The minimum absolute atomic E-state index is 0.132. The second-order valence-electron chi connectivity index (χ2n) is 5.54. The van der Waals surface area contributed by atoms with E-state index in [0.717, 1.165) is 11.3 Å². The minimum atomic E-state index is -1.24. The lowest BCUT2D eigenvalue weighted by Gasteiger charge is -2.06. The van der Waals surface area contributed by atoms with E-state index in [4.69, 9.17) is 0 Å². The van der Waals surface area contributed by atoms with Crippen molar-refractivity contribution in [3.05, 3.63) is 75.7 Å². The van der Waals surface area contributed by atoms with E-state index >= 15 is 0 Å². The highest BCUT2D eigenvalue weighted by atomic mass is 32.1. The fraction of sp³-hybridized carbons (Fsp3) is 0.111. The van der Waals surface area contributed by atoms with E-state index in [1.54, 1.807) is 6.07 Å². The Morgan fingerprint density at radius 2 is 1.89 bits per heavy atom. The number of para-hydroxylation sites is 1. The molecule has 0 spiro atoms. The summed E-state index contributed by atoms with van der Waals surface area (Å²) < 4.78 is 0. The van der Waals surface area contributed by atoms with Gasteiger partial charge in [-0.25, -0.2) is 9.78 Å². The molecular formula is C18H14N4O4S. The lowest BCUT2D eigenvalue weighted by atomic mass is 10.0. The van der Waals surface area contributed by atoms with Crippen LogP contribution in [0.15, 0.2) is 70.2 Å². The van der Waals surface area contributed by atoms with Crippen molar-refractivity contribution in [3.8, 4) is 11.3 Å². The Kier molecular flexibility index (Phi) is 5.62. The number of hydrogen-bond acceptors (Lipinski definition) is 7. The topological polar surface area (TPSA) is 118 Å². The molecule has 0 radical (unpaired) electrons. The smallest absolute Gasteiger partial charge is 0.330 e. The zero-order valence-electron chi connectivity index (χ0n) is 13.9. The molecule has 1 unspecified atom stereocenters. The molecular weight excluding hydrogens is 368 g/mol. The van der Waals surface area contributed by atoms with Crippen molar-refractivity contribution in [2.75, 3.05) is 0 Å². The van der Waals surface area contributed by atoms with Crippen molar-refractivity contribution < 1.29 is 14.8 Å². The van der Waals surface area contributed by atoms with E-state index in [2.05, 4.69) is 15.2 Å². The zero-order chi connectivity index (χ0) is 19.2. The highest BCUT2D eigenvalue weighted by Gasteiger charge is 2.22. The van der Waals surface area contributed by atoms with E-state index in [1.165, 1.54) is 29.5 Å². The van der Waals surface area contributed by atoms with E-state index in [1.807, 2.05) is 35.7 Å². The average Bonchev–Trinajstić information content (AvgIpc) is 3.15. The second-order valence-corrected chi connectivity index (χ2v) is 6.38. The molecule has 1 atom stereocenters. The maximum atomic E-state index is 11.5. The Bertz CT molecular complexity index is 988. The fourth-order valence-corrected chi connectivity index (χ4v) is 3.07. The predicted octanol–water partition coefficient (Wildman–Crippen LogP) is 4.50. The summed E-state index contributed by atoms with van der Waals surface area (Å²) in [6.45, 7) is 0. The number of azo groups is 1. The summed E-state index contributed by atoms with van der Waals surface area (Å²) in [5.41, 5.74) is 1.79. The monoisotopic (exact) mass is 382 g/mol. The van der Waals surface area contributed by atoms with Crippen LogP contribution in [-0.4, -0.2) is 27.0 Å². The Morgan fingerprint density at radius 3 is 2.59 bits per heavy atom. The molecule has 1 N–H and O–H groups in total. The molecule has 0 amide bonds. The number of nitrogens with zero attached hydrogens (tertiary/aromatic N) is 4. The highest BCUT2D eigenvalue weighted by Crippen LogP contribution is 2.27. The lowest BCUT2D eigenvalue weighted by Crippen LogP contribution is -2.20. The molecule has 0 aliphatic rings. The Morgan fingerprint density at radius 1 is 1.19 bits per heavy atom. The number of nitro groups is 1. The normalized spacial score (nSPS) is 12.1. The number of benzene rings is 2. The molecule has 2 aromatic carbocycles. The summed E-state index contributed by atoms with van der Waals surface area (Å²) in [7, 11) is 0. The fourth-order valence-electron chi connectivity index (χ4n) is 2.42. The number of carboxylic acid groups (broad SMARTS) is 1. The molecule has 136 valence electrons. The average molecular weight is 382 g/mol. The second kappa shape index (κ2) is 8.28. The summed E-state index contributed by atoms with van der Waals surface area (Å²) in [6, 6.07) is 14.2. The number of carboxylic acids is 1. The van der Waals surface area contributed by atoms with Gasteiger partial charge in [0.2, 0.25) is 5.13 Å². The van der Waals surface area contributed by atoms with Gasteiger partial charge >= 0.3 is 5.97 Å². The summed E-state index contributed by atoms with van der Waals surface area (Å²) >= 11 is 1.24. The van der Waals surface area contributed by atoms with Gasteiger partial charge in [-0.05, 0) is 0 Å². The molecule has 27 heavy (non-hydrogen) atoms. The SMILES string of the molecule is O=C(O)C(Cc1ccccc1[N+](=O)[O-])N=Nc1nc(-c2ccccc2)cs1. The van der Waals surface area contributed by atoms with Crippen LogP contribution in [0.5, 0.6) is 0 Å². The van der Waals surface area contributed by atoms with Gasteiger partial charge in [-0.1, -0.05) is 48.5 Å². The van der Waals surface area contributed by atoms with Crippen molar-refractivity contribution >= 4 is 28.1 Å². The van der Waals surface area contributed by atoms with Gasteiger partial charge in [0.25, 0.3) is 5.69 Å². The molecule has 0 fully saturated rings. The maximum Gasteiger partial charge on any atom is 0.330 e. The van der Waals surface area contributed by atoms with Crippen molar-refractivity contribution in [2.24, 2.45) is 10.2 Å². The number of aliphatic carboxylic acids is 1. The molecule has 0 aliphatic heterocycles. The minimum Gasteiger partial charge on any atom is -0.480 e. The first-order valence-corrected chi connectivity index (χ1v) is 8.79. The van der Waals surface area contributed by atoms with Crippen LogP contribution in [0.2, 0.25) is 0 Å². The molecule has 0 saturated carbocycles. The van der Waals surface area contributed by atoms with Crippen LogP contribution in [-0.2, 0) is 11.2 Å². The number of aromatic nitrogens is 1. The first-order chi connectivity index (χ1) is 13.0. The summed E-state index contributed by atoms with van der Waals surface area (Å²) in [5, 5.41) is 30.4. The number of carbonyl (C=O) groups is 1. The molecule has 0 saturated heterocycles. The van der Waals surface area contributed by atoms with E-state index in [-0.39, 0.29) is 17.7 Å². The maximum absolute atomic E-state index is 11.5. The van der Waals surface area contributed by atoms with Crippen LogP contribution in [0.1, 0.15) is 5.56 Å². The van der Waals surface area contributed by atoms with Gasteiger partial charge < -0.3 is 5.11 Å². The third-order valence-electron chi connectivity index (χ3n) is 3.73. The van der Waals surface area contributed by atoms with Gasteiger partial charge in [0.15, 0.2) is 6.04 Å². The molecule has 1 aromatic heterocycles.